The van der Waals surface area contributed by atoms with Gasteiger partial charge in [-0.15, -0.1) is 0 Å². The minimum Gasteiger partial charge on any atom is -0.470 e. The molecule has 0 bridgehead atoms. The first-order valence-corrected chi connectivity index (χ1v) is 20.8. The van der Waals surface area contributed by atoms with Gasteiger partial charge >= 0.3 is 7.12 Å². The Morgan fingerprint density at radius 2 is 1.63 bits per heavy atom. The van der Waals surface area contributed by atoms with Crippen molar-refractivity contribution in [3.05, 3.63) is 120 Å². The third-order valence-corrected chi connectivity index (χ3v) is 12.6. The summed E-state index contributed by atoms with van der Waals surface area (Å²) in [6.45, 7) is 7.95. The molecule has 0 aliphatic carbocycles. The Kier molecular flexibility index (Phi) is 8.99. The Morgan fingerprint density at radius 3 is 2.31 bits per heavy atom. The number of furan rings is 1. The van der Waals surface area contributed by atoms with E-state index in [0.717, 1.165) is 11.7 Å². The minimum atomic E-state index is -4.02. The van der Waals surface area contributed by atoms with Crippen molar-refractivity contribution in [2.45, 2.75) is 52.2 Å². The molecule has 0 atom stereocenters. The summed E-state index contributed by atoms with van der Waals surface area (Å²) >= 11 is 0. The van der Waals surface area contributed by atoms with Crippen LogP contribution in [0.5, 0.6) is 5.75 Å². The number of hydrogen-bond donors (Lipinski definition) is 1. The summed E-state index contributed by atoms with van der Waals surface area (Å²) in [5.74, 6) is -0.691. The fraction of sp³-hybridized carbons (Fsp3) is 0.227. The number of carbonyl (C=O) groups is 1. The number of benzene rings is 4. The second kappa shape index (κ2) is 13.8. The maximum atomic E-state index is 15.0. The van der Waals surface area contributed by atoms with Gasteiger partial charge in [-0.1, -0.05) is 30.3 Å². The number of hydrogen-bond acceptors (Lipinski definition) is 8. The number of nitrogens with one attached hydrogen (secondary N) is 1. The summed E-state index contributed by atoms with van der Waals surface area (Å²) in [6, 6.07) is 26.1. The normalized spacial score (nSPS) is 15.6. The van der Waals surface area contributed by atoms with Crippen LogP contribution < -0.4 is 19.8 Å². The fourth-order valence-corrected chi connectivity index (χ4v) is 8.51. The summed E-state index contributed by atoms with van der Waals surface area (Å²) in [4.78, 5) is 18.7. The molecule has 1 amide bonds. The Morgan fingerprint density at radius 1 is 0.915 bits per heavy atom. The zero-order chi connectivity index (χ0) is 41.6. The van der Waals surface area contributed by atoms with E-state index in [1.807, 2.05) is 56.5 Å². The second-order valence-corrected chi connectivity index (χ2v) is 17.7. The van der Waals surface area contributed by atoms with Crippen molar-refractivity contribution in [2.75, 3.05) is 17.6 Å². The first kappa shape index (κ1) is 38.5. The number of fused-ring (bicyclic) bond motifs is 6. The fourth-order valence-electron chi connectivity index (χ4n) is 7.62. The molecule has 11 nitrogen and oxygen atoms in total. The van der Waals surface area contributed by atoms with Crippen molar-refractivity contribution in [1.82, 2.24) is 14.9 Å². The summed E-state index contributed by atoms with van der Waals surface area (Å²) in [6.07, 6.45) is 1.11. The number of pyridine rings is 1. The van der Waals surface area contributed by atoms with E-state index in [1.165, 1.54) is 41.7 Å². The molecule has 15 heteroatoms. The molecule has 59 heavy (non-hydrogen) atoms. The van der Waals surface area contributed by atoms with Gasteiger partial charge < -0.3 is 28.3 Å². The van der Waals surface area contributed by atoms with Crippen LogP contribution in [0.1, 0.15) is 43.6 Å². The number of rotatable bonds is 8. The highest BCUT2D eigenvalue weighted by molar-refractivity contribution is 7.92. The molecule has 2 aliphatic heterocycles. The van der Waals surface area contributed by atoms with Crippen LogP contribution in [0.15, 0.2) is 101 Å². The standard InChI is InChI=1S/C44H39BF2N4O7S/c1-43(2)44(3,4)58-45(57-43)27-14-10-25(11-15-27)23-51(59(6,53)54)35-22-38-31(39(42(52)48-5)41(56-38)26-12-16-28(46)17-13-26)20-30(35)33-18-19-37-40(49-33)36-21-29-32(47)8-7-9-34(29)50(36)24-55-37/h7-22H,23-24H2,1-6H3,(H,48,52). The molecule has 5 heterocycles. The predicted molar refractivity (Wildman–Crippen MR) is 223 cm³/mol. The van der Waals surface area contributed by atoms with Crippen molar-refractivity contribution < 1.29 is 40.5 Å². The van der Waals surface area contributed by atoms with Crippen molar-refractivity contribution in [3.8, 4) is 39.7 Å². The SMILES string of the molecule is CNC(=O)c1c(-c2ccc(F)cc2)oc2cc(N(Cc3ccc(B4OC(C)(C)C(C)(C)O4)cc3)S(C)(=O)=O)c(-c3ccc4c(n3)-c3cc5c(F)cccc5n3CO4)cc12. The van der Waals surface area contributed by atoms with Crippen LogP contribution in [0.4, 0.5) is 14.5 Å². The number of aromatic nitrogens is 2. The van der Waals surface area contributed by atoms with Gasteiger partial charge in [0.05, 0.1) is 52.2 Å². The largest absolute Gasteiger partial charge is 0.494 e. The molecular weight excluding hydrogens is 777 g/mol. The minimum absolute atomic E-state index is 0.0869. The van der Waals surface area contributed by atoms with Gasteiger partial charge in [-0.05, 0) is 99.4 Å². The number of nitrogens with zero attached hydrogens (tertiary/aromatic N) is 3. The van der Waals surface area contributed by atoms with E-state index in [2.05, 4.69) is 5.32 Å². The van der Waals surface area contributed by atoms with Crippen molar-refractivity contribution in [3.63, 3.8) is 0 Å². The van der Waals surface area contributed by atoms with E-state index in [1.54, 1.807) is 42.5 Å². The van der Waals surface area contributed by atoms with Crippen LogP contribution in [0.3, 0.4) is 0 Å². The molecule has 0 radical (unpaired) electrons. The van der Waals surface area contributed by atoms with Crippen LogP contribution in [-0.2, 0) is 32.6 Å². The third kappa shape index (κ3) is 6.53. The van der Waals surface area contributed by atoms with Crippen LogP contribution in [-0.4, -0.2) is 55.5 Å². The average molecular weight is 817 g/mol. The highest BCUT2D eigenvalue weighted by Gasteiger charge is 2.51. The van der Waals surface area contributed by atoms with Gasteiger partial charge in [0.25, 0.3) is 5.91 Å². The number of amides is 1. The third-order valence-electron chi connectivity index (χ3n) is 11.5. The number of carbonyl (C=O) groups excluding carboxylic acids is 1. The molecule has 0 spiro atoms. The average Bonchev–Trinajstić information content (AvgIpc) is 3.84. The Bertz CT molecular complexity index is 2930. The van der Waals surface area contributed by atoms with Gasteiger partial charge in [-0.25, -0.2) is 22.2 Å². The van der Waals surface area contributed by atoms with Crippen LogP contribution in [0, 0.1) is 11.6 Å². The summed E-state index contributed by atoms with van der Waals surface area (Å²) in [5.41, 5.74) is 3.78. The highest BCUT2D eigenvalue weighted by atomic mass is 32.2. The van der Waals surface area contributed by atoms with Gasteiger partial charge in [0.2, 0.25) is 10.0 Å². The molecule has 7 aromatic rings. The Hall–Kier alpha value is -6.03. The first-order chi connectivity index (χ1) is 28.0. The van der Waals surface area contributed by atoms with Crippen molar-refractivity contribution in [1.29, 1.82) is 0 Å². The quantitative estimate of drug-likeness (QED) is 0.153. The Labute approximate surface area is 339 Å². The van der Waals surface area contributed by atoms with Crippen LogP contribution >= 0.6 is 0 Å². The summed E-state index contributed by atoms with van der Waals surface area (Å²) in [5, 5.41) is 3.45. The van der Waals surface area contributed by atoms with E-state index in [-0.39, 0.29) is 41.7 Å². The monoisotopic (exact) mass is 816 g/mol. The molecule has 300 valence electrons. The van der Waals surface area contributed by atoms with Crippen molar-refractivity contribution >= 4 is 56.1 Å². The van der Waals surface area contributed by atoms with E-state index in [9.17, 15) is 17.6 Å². The van der Waals surface area contributed by atoms with Gasteiger partial charge in [-0.2, -0.15) is 0 Å². The predicted octanol–water partition coefficient (Wildman–Crippen LogP) is 8.04. The maximum Gasteiger partial charge on any atom is 0.494 e. The molecule has 1 saturated heterocycles. The van der Waals surface area contributed by atoms with Crippen LogP contribution in [0.25, 0.3) is 55.8 Å². The molecule has 4 aromatic carbocycles. The Balaban J connectivity index is 1.22. The first-order valence-electron chi connectivity index (χ1n) is 19.0. The van der Waals surface area contributed by atoms with Crippen molar-refractivity contribution in [2.24, 2.45) is 0 Å². The summed E-state index contributed by atoms with van der Waals surface area (Å²) in [7, 11) is -3.14. The number of halogens is 2. The molecule has 2 aliphatic rings. The van der Waals surface area contributed by atoms with E-state index in [0.29, 0.717) is 55.8 Å². The number of anilines is 1. The molecule has 9 rings (SSSR count). The number of ether oxygens (including phenoxy) is 1. The maximum absolute atomic E-state index is 15.0. The molecule has 1 fully saturated rings. The number of sulfonamides is 1. The summed E-state index contributed by atoms with van der Waals surface area (Å²) < 4.78 is 85.0. The molecule has 1 N–H and O–H groups in total. The topological polar surface area (TPSA) is 125 Å². The van der Waals surface area contributed by atoms with Crippen LogP contribution in [0.2, 0.25) is 0 Å². The van der Waals surface area contributed by atoms with Gasteiger partial charge in [0, 0.05) is 35.0 Å². The molecule has 0 unspecified atom stereocenters. The van der Waals surface area contributed by atoms with E-state index < -0.39 is 40.1 Å². The van der Waals surface area contributed by atoms with Gasteiger partial charge in [0.1, 0.15) is 34.4 Å². The lowest BCUT2D eigenvalue weighted by Crippen LogP contribution is -2.41. The van der Waals surface area contributed by atoms with E-state index in [4.69, 9.17) is 23.4 Å². The lowest BCUT2D eigenvalue weighted by molar-refractivity contribution is 0.00578. The molecule has 3 aromatic heterocycles. The lowest BCUT2D eigenvalue weighted by Gasteiger charge is -2.32. The molecular formula is C44H39BF2N4O7S. The second-order valence-electron chi connectivity index (χ2n) is 15.8. The smallest absolute Gasteiger partial charge is 0.470 e. The lowest BCUT2D eigenvalue weighted by atomic mass is 9.79. The van der Waals surface area contributed by atoms with Gasteiger partial charge in [0.15, 0.2) is 6.73 Å². The zero-order valence-electron chi connectivity index (χ0n) is 33.1. The molecule has 0 saturated carbocycles. The van der Waals surface area contributed by atoms with E-state index >= 15 is 4.39 Å². The van der Waals surface area contributed by atoms with Gasteiger partial charge in [-0.3, -0.25) is 9.10 Å². The highest BCUT2D eigenvalue weighted by Crippen LogP contribution is 2.44. The zero-order valence-corrected chi connectivity index (χ0v) is 33.9.